The van der Waals surface area contributed by atoms with Gasteiger partial charge in [0.1, 0.15) is 11.5 Å². The Labute approximate surface area is 220 Å². The number of amides is 1. The zero-order valence-electron chi connectivity index (χ0n) is 21.8. The van der Waals surface area contributed by atoms with E-state index in [2.05, 4.69) is 30.7 Å². The summed E-state index contributed by atoms with van der Waals surface area (Å²) in [4.78, 5) is 22.7. The molecule has 6 rings (SSSR count). The van der Waals surface area contributed by atoms with E-state index in [9.17, 15) is 9.18 Å². The second kappa shape index (κ2) is 9.40. The van der Waals surface area contributed by atoms with Crippen LogP contribution in [0.3, 0.4) is 0 Å². The number of carbonyl (C=O) groups is 1. The molecule has 1 fully saturated rings. The molecule has 9 heteroatoms. The Balaban J connectivity index is 1.26. The van der Waals surface area contributed by atoms with E-state index in [1.54, 1.807) is 28.8 Å². The van der Waals surface area contributed by atoms with E-state index in [-0.39, 0.29) is 23.9 Å². The van der Waals surface area contributed by atoms with Gasteiger partial charge in [0.05, 0.1) is 11.4 Å². The fourth-order valence-electron chi connectivity index (χ4n) is 4.87. The number of hydrogen-bond acceptors (Lipinski definition) is 6. The van der Waals surface area contributed by atoms with Crippen LogP contribution in [0.25, 0.3) is 16.9 Å². The van der Waals surface area contributed by atoms with Gasteiger partial charge in [0.2, 0.25) is 6.79 Å². The first-order chi connectivity index (χ1) is 18.3. The number of benzene rings is 2. The Morgan fingerprint density at radius 2 is 1.74 bits per heavy atom. The standard InChI is InChI=1S/C29H30FN5O3/c1-29(2,3)26-16-27-31-22(20-6-4-5-7-21(20)30)15-23(35(27)32-26)28(36)34-12-10-33(11-13-34)17-19-8-9-24-25(14-19)38-18-37-24/h4-9,14-16H,10-13,17-18H2,1-3H3. The van der Waals surface area contributed by atoms with Crippen LogP contribution in [0.4, 0.5) is 4.39 Å². The summed E-state index contributed by atoms with van der Waals surface area (Å²) in [7, 11) is 0. The Morgan fingerprint density at radius 3 is 2.50 bits per heavy atom. The molecule has 2 aromatic heterocycles. The molecule has 0 atom stereocenters. The van der Waals surface area contributed by atoms with Gasteiger partial charge in [0.15, 0.2) is 17.1 Å². The highest BCUT2D eigenvalue weighted by Gasteiger charge is 2.27. The van der Waals surface area contributed by atoms with Crippen LogP contribution >= 0.6 is 0 Å². The number of fused-ring (bicyclic) bond motifs is 2. The first-order valence-electron chi connectivity index (χ1n) is 12.8. The number of halogens is 1. The molecule has 0 N–H and O–H groups in total. The van der Waals surface area contributed by atoms with E-state index >= 15 is 0 Å². The average molecular weight is 516 g/mol. The molecule has 0 spiro atoms. The molecule has 2 aliphatic rings. The number of hydrogen-bond donors (Lipinski definition) is 0. The van der Waals surface area contributed by atoms with Crippen LogP contribution in [0.1, 0.15) is 42.5 Å². The number of ether oxygens (including phenoxy) is 2. The molecule has 38 heavy (non-hydrogen) atoms. The van der Waals surface area contributed by atoms with Gasteiger partial charge in [-0.1, -0.05) is 39.0 Å². The molecule has 0 bridgehead atoms. The SMILES string of the molecule is CC(C)(C)c1cc2nc(-c3ccccc3F)cc(C(=O)N3CCN(Cc4ccc5c(c4)OCO5)CC3)n2n1. The quantitative estimate of drug-likeness (QED) is 0.398. The molecule has 2 aromatic carbocycles. The van der Waals surface area contributed by atoms with Crippen molar-refractivity contribution in [2.45, 2.75) is 32.7 Å². The summed E-state index contributed by atoms with van der Waals surface area (Å²) in [6.07, 6.45) is 0. The predicted octanol–water partition coefficient (Wildman–Crippen LogP) is 4.52. The Kier molecular flexibility index (Phi) is 6.03. The zero-order chi connectivity index (χ0) is 26.4. The second-order valence-corrected chi connectivity index (χ2v) is 10.8. The number of aromatic nitrogens is 3. The van der Waals surface area contributed by atoms with Gasteiger partial charge in [-0.2, -0.15) is 5.10 Å². The van der Waals surface area contributed by atoms with Gasteiger partial charge in [-0.25, -0.2) is 13.9 Å². The number of carbonyl (C=O) groups excluding carboxylic acids is 1. The van der Waals surface area contributed by atoms with E-state index in [4.69, 9.17) is 14.6 Å². The van der Waals surface area contributed by atoms with Gasteiger partial charge in [-0.15, -0.1) is 0 Å². The van der Waals surface area contributed by atoms with Crippen molar-refractivity contribution in [3.05, 3.63) is 77.4 Å². The average Bonchev–Trinajstić information content (AvgIpc) is 3.55. The van der Waals surface area contributed by atoms with Crippen LogP contribution in [0, 0.1) is 5.82 Å². The van der Waals surface area contributed by atoms with Gasteiger partial charge in [-0.3, -0.25) is 9.69 Å². The molecule has 0 radical (unpaired) electrons. The fourth-order valence-corrected chi connectivity index (χ4v) is 4.87. The van der Waals surface area contributed by atoms with Gasteiger partial charge in [0.25, 0.3) is 5.91 Å². The Hall–Kier alpha value is -3.98. The number of piperazine rings is 1. The van der Waals surface area contributed by atoms with Crippen LogP contribution in [0.5, 0.6) is 11.5 Å². The van der Waals surface area contributed by atoms with Crippen molar-refractivity contribution in [3.8, 4) is 22.8 Å². The molecular formula is C29H30FN5O3. The van der Waals surface area contributed by atoms with E-state index in [0.717, 1.165) is 42.4 Å². The molecule has 8 nitrogen and oxygen atoms in total. The predicted molar refractivity (Wildman–Crippen MR) is 141 cm³/mol. The summed E-state index contributed by atoms with van der Waals surface area (Å²) in [5.74, 6) is 1.03. The Bertz CT molecular complexity index is 1520. The maximum atomic E-state index is 14.7. The third kappa shape index (κ3) is 4.58. The Morgan fingerprint density at radius 1 is 0.974 bits per heavy atom. The van der Waals surface area contributed by atoms with Gasteiger partial charge < -0.3 is 14.4 Å². The molecular weight excluding hydrogens is 485 g/mol. The summed E-state index contributed by atoms with van der Waals surface area (Å²) >= 11 is 0. The summed E-state index contributed by atoms with van der Waals surface area (Å²) in [5, 5.41) is 4.74. The van der Waals surface area contributed by atoms with Crippen molar-refractivity contribution < 1.29 is 18.7 Å². The van der Waals surface area contributed by atoms with Crippen molar-refractivity contribution in [1.82, 2.24) is 24.4 Å². The highest BCUT2D eigenvalue weighted by molar-refractivity contribution is 5.94. The van der Waals surface area contributed by atoms with Crippen molar-refractivity contribution >= 4 is 11.6 Å². The minimum Gasteiger partial charge on any atom is -0.454 e. The maximum absolute atomic E-state index is 14.7. The van der Waals surface area contributed by atoms with Crippen LogP contribution < -0.4 is 9.47 Å². The molecule has 2 aliphatic heterocycles. The lowest BCUT2D eigenvalue weighted by molar-refractivity contribution is 0.0619. The summed E-state index contributed by atoms with van der Waals surface area (Å²) in [6, 6.07) is 16.0. The molecule has 0 unspecified atom stereocenters. The topological polar surface area (TPSA) is 72.2 Å². The first-order valence-corrected chi connectivity index (χ1v) is 12.8. The number of rotatable bonds is 4. The second-order valence-electron chi connectivity index (χ2n) is 10.8. The normalized spacial score (nSPS) is 15.8. The maximum Gasteiger partial charge on any atom is 0.272 e. The summed E-state index contributed by atoms with van der Waals surface area (Å²) < 4.78 is 27.2. The third-order valence-electron chi connectivity index (χ3n) is 7.07. The van der Waals surface area contributed by atoms with Gasteiger partial charge in [-0.05, 0) is 35.9 Å². The monoisotopic (exact) mass is 515 g/mol. The zero-order valence-corrected chi connectivity index (χ0v) is 21.8. The molecule has 4 heterocycles. The van der Waals surface area contributed by atoms with Crippen molar-refractivity contribution in [1.29, 1.82) is 0 Å². The molecule has 1 amide bonds. The number of nitrogens with zero attached hydrogens (tertiary/aromatic N) is 5. The molecule has 4 aromatic rings. The summed E-state index contributed by atoms with van der Waals surface area (Å²) in [6.45, 7) is 9.85. The highest BCUT2D eigenvalue weighted by Crippen LogP contribution is 2.33. The van der Waals surface area contributed by atoms with Crippen LogP contribution in [-0.4, -0.2) is 63.3 Å². The van der Waals surface area contributed by atoms with Crippen molar-refractivity contribution in [3.63, 3.8) is 0 Å². The van der Waals surface area contributed by atoms with E-state index in [1.807, 2.05) is 29.2 Å². The van der Waals surface area contributed by atoms with E-state index in [1.165, 1.54) is 6.07 Å². The van der Waals surface area contributed by atoms with Crippen molar-refractivity contribution in [2.75, 3.05) is 33.0 Å². The van der Waals surface area contributed by atoms with Crippen molar-refractivity contribution in [2.24, 2.45) is 0 Å². The lowest BCUT2D eigenvalue weighted by Crippen LogP contribution is -2.48. The molecule has 1 saturated heterocycles. The lowest BCUT2D eigenvalue weighted by atomic mass is 9.93. The molecule has 196 valence electrons. The van der Waals surface area contributed by atoms with E-state index in [0.29, 0.717) is 35.7 Å². The lowest BCUT2D eigenvalue weighted by Gasteiger charge is -2.34. The first kappa shape index (κ1) is 24.4. The minimum atomic E-state index is -0.379. The summed E-state index contributed by atoms with van der Waals surface area (Å²) in [5.41, 5.74) is 3.42. The van der Waals surface area contributed by atoms with Crippen LogP contribution in [-0.2, 0) is 12.0 Å². The van der Waals surface area contributed by atoms with Crippen LogP contribution in [0.15, 0.2) is 54.6 Å². The fraction of sp³-hybridized carbons (Fsp3) is 0.345. The smallest absolute Gasteiger partial charge is 0.272 e. The minimum absolute atomic E-state index is 0.138. The molecule has 0 aliphatic carbocycles. The largest absolute Gasteiger partial charge is 0.454 e. The van der Waals surface area contributed by atoms with Gasteiger partial charge >= 0.3 is 0 Å². The van der Waals surface area contributed by atoms with E-state index < -0.39 is 0 Å². The van der Waals surface area contributed by atoms with Crippen LogP contribution in [0.2, 0.25) is 0 Å². The van der Waals surface area contributed by atoms with Gasteiger partial charge in [0, 0.05) is 49.8 Å². The third-order valence-corrected chi connectivity index (χ3v) is 7.07. The molecule has 0 saturated carbocycles. The highest BCUT2D eigenvalue weighted by atomic mass is 19.1.